The molecule has 0 saturated heterocycles. The molecule has 0 aliphatic carbocycles. The summed E-state index contributed by atoms with van der Waals surface area (Å²) in [5.74, 6) is 0.322. The van der Waals surface area contributed by atoms with Crippen molar-refractivity contribution < 1.29 is 37.0 Å². The average molecular weight is 271 g/mol. The van der Waals surface area contributed by atoms with Crippen LogP contribution in [0.25, 0.3) is 0 Å². The maximum Gasteiger partial charge on any atom is 0.115 e. The predicted octanol–water partition coefficient (Wildman–Crippen LogP) is 2.01. The molecule has 0 aliphatic rings. The normalized spacial score (nSPS) is 6.59. The van der Waals surface area contributed by atoms with Crippen molar-refractivity contribution in [2.75, 3.05) is 14.2 Å². The van der Waals surface area contributed by atoms with E-state index in [-0.39, 0.29) is 21.7 Å². The molecule has 0 fully saturated rings. The van der Waals surface area contributed by atoms with Crippen molar-refractivity contribution in [3.05, 3.63) is 60.7 Å². The van der Waals surface area contributed by atoms with E-state index in [0.29, 0.717) is 5.75 Å². The van der Waals surface area contributed by atoms with Crippen LogP contribution in [0, 0.1) is 0 Å². The maximum atomic E-state index is 8.63. The molecule has 0 amide bonds. The second kappa shape index (κ2) is 20.4. The van der Waals surface area contributed by atoms with Gasteiger partial charge in [0.1, 0.15) is 5.75 Å². The van der Waals surface area contributed by atoms with Gasteiger partial charge in [0.15, 0.2) is 0 Å². The first kappa shape index (κ1) is 21.3. The number of aliphatic hydroxyl groups is 2. The number of benzene rings is 1. The Kier molecular flexibility index (Phi) is 25.6. The predicted molar refractivity (Wildman–Crippen MR) is 66.4 cm³/mol. The number of phenolic OH excluding ortho intramolecular Hbond substituents is 1. The van der Waals surface area contributed by atoms with Crippen LogP contribution in [0.2, 0.25) is 0 Å². The van der Waals surface area contributed by atoms with Gasteiger partial charge in [-0.05, 0) is 12.1 Å². The Balaban J connectivity index is -0.000000175. The number of aliphatic hydroxyl groups excluding tert-OH is 2. The third-order valence-electron chi connectivity index (χ3n) is 1.31. The van der Waals surface area contributed by atoms with E-state index in [4.69, 9.17) is 15.3 Å². The molecule has 2 aromatic rings. The van der Waals surface area contributed by atoms with Gasteiger partial charge in [0.2, 0.25) is 0 Å². The van der Waals surface area contributed by atoms with Gasteiger partial charge in [0.25, 0.3) is 0 Å². The van der Waals surface area contributed by atoms with Crippen LogP contribution in [0.4, 0.5) is 0 Å². The van der Waals surface area contributed by atoms with Gasteiger partial charge >= 0.3 is 0 Å². The van der Waals surface area contributed by atoms with Crippen molar-refractivity contribution in [3.63, 3.8) is 0 Å². The molecule has 4 heteroatoms. The zero-order chi connectivity index (χ0) is 12.6. The molecule has 0 spiro atoms. The van der Waals surface area contributed by atoms with E-state index < -0.39 is 0 Å². The minimum Gasteiger partial charge on any atom is -0.508 e. The third kappa shape index (κ3) is 17.6. The molecule has 0 saturated carbocycles. The first-order chi connectivity index (χ1) is 7.89. The summed E-state index contributed by atoms with van der Waals surface area (Å²) >= 11 is 0. The van der Waals surface area contributed by atoms with Crippen LogP contribution in [0.1, 0.15) is 0 Å². The molecule has 94 valence electrons. The van der Waals surface area contributed by atoms with Crippen molar-refractivity contribution in [1.82, 2.24) is 0 Å². The van der Waals surface area contributed by atoms with Crippen LogP contribution in [-0.4, -0.2) is 29.5 Å². The molecule has 0 aliphatic heterocycles. The monoisotopic (exact) mass is 271 g/mol. The molecule has 0 unspecified atom stereocenters. The maximum absolute atomic E-state index is 8.63. The molecular weight excluding hydrogens is 252 g/mol. The fourth-order valence-electron chi connectivity index (χ4n) is 0.749. The first-order valence-corrected chi connectivity index (χ1v) is 4.70. The first-order valence-electron chi connectivity index (χ1n) is 4.70. The molecule has 0 aromatic heterocycles. The standard InChI is InChI=1S/C6H6O.C5H5.2CH4O.Ti/c7-6-4-2-1-3-5-6;1-2-4-5-3-1;2*1-2;/h1-5,7H;1-5H;2*2H,1H3;/q;-1;;;. The van der Waals surface area contributed by atoms with E-state index >= 15 is 0 Å². The van der Waals surface area contributed by atoms with Crippen LogP contribution >= 0.6 is 0 Å². The van der Waals surface area contributed by atoms with E-state index in [1.165, 1.54) is 0 Å². The molecule has 0 radical (unpaired) electrons. The van der Waals surface area contributed by atoms with E-state index in [1.807, 2.05) is 36.4 Å². The number of hydrogen-bond acceptors (Lipinski definition) is 3. The van der Waals surface area contributed by atoms with Crippen LogP contribution in [0.3, 0.4) is 0 Å². The zero-order valence-electron chi connectivity index (χ0n) is 10.1. The summed E-state index contributed by atoms with van der Waals surface area (Å²) in [4.78, 5) is 0. The van der Waals surface area contributed by atoms with Crippen molar-refractivity contribution in [1.29, 1.82) is 0 Å². The molecule has 3 nitrogen and oxygen atoms in total. The van der Waals surface area contributed by atoms with Gasteiger partial charge < -0.3 is 15.3 Å². The number of aromatic hydroxyl groups is 1. The van der Waals surface area contributed by atoms with Crippen molar-refractivity contribution >= 4 is 0 Å². The van der Waals surface area contributed by atoms with Crippen molar-refractivity contribution in [2.45, 2.75) is 0 Å². The van der Waals surface area contributed by atoms with E-state index in [0.717, 1.165) is 14.2 Å². The molecule has 0 atom stereocenters. The van der Waals surface area contributed by atoms with E-state index in [2.05, 4.69) is 0 Å². The minimum atomic E-state index is 0. The molecule has 2 rings (SSSR count). The van der Waals surface area contributed by atoms with Crippen LogP contribution in [0.15, 0.2) is 60.7 Å². The largest absolute Gasteiger partial charge is 0.508 e. The summed E-state index contributed by atoms with van der Waals surface area (Å²) < 4.78 is 0. The Morgan fingerprint density at radius 1 is 0.765 bits per heavy atom. The topological polar surface area (TPSA) is 60.7 Å². The minimum absolute atomic E-state index is 0. The molecular formula is C13H19O3Ti-. The number of hydrogen-bond donors (Lipinski definition) is 3. The Morgan fingerprint density at radius 3 is 1.35 bits per heavy atom. The number of para-hydroxylation sites is 1. The van der Waals surface area contributed by atoms with Gasteiger partial charge in [-0.15, -0.1) is 0 Å². The smallest absolute Gasteiger partial charge is 0.115 e. The van der Waals surface area contributed by atoms with Crippen LogP contribution in [0.5, 0.6) is 5.75 Å². The summed E-state index contributed by atoms with van der Waals surface area (Å²) in [6.07, 6.45) is 0. The number of phenols is 1. The molecule has 2 aromatic carbocycles. The summed E-state index contributed by atoms with van der Waals surface area (Å²) in [5, 5.41) is 22.6. The van der Waals surface area contributed by atoms with Crippen molar-refractivity contribution in [3.8, 4) is 5.75 Å². The van der Waals surface area contributed by atoms with Gasteiger partial charge in [-0.3, -0.25) is 0 Å². The fourth-order valence-corrected chi connectivity index (χ4v) is 0.749. The van der Waals surface area contributed by atoms with E-state index in [1.54, 1.807) is 24.3 Å². The average Bonchev–Trinajstić information content (AvgIpc) is 2.94. The summed E-state index contributed by atoms with van der Waals surface area (Å²) in [7, 11) is 2.00. The Morgan fingerprint density at radius 2 is 1.18 bits per heavy atom. The SMILES string of the molecule is CO.CO.Oc1ccccc1.[Ti].c1cc[cH-]c1. The van der Waals surface area contributed by atoms with Gasteiger partial charge in [0.05, 0.1) is 0 Å². The van der Waals surface area contributed by atoms with Gasteiger partial charge in [-0.25, -0.2) is 12.1 Å². The molecule has 3 N–H and O–H groups in total. The van der Waals surface area contributed by atoms with Gasteiger partial charge in [-0.2, -0.15) is 18.2 Å². The summed E-state index contributed by atoms with van der Waals surface area (Å²) in [5.41, 5.74) is 0. The van der Waals surface area contributed by atoms with Crippen LogP contribution in [-0.2, 0) is 21.7 Å². The Hall–Kier alpha value is -0.996. The molecule has 0 heterocycles. The molecule has 0 bridgehead atoms. The third-order valence-corrected chi connectivity index (χ3v) is 1.31. The van der Waals surface area contributed by atoms with Gasteiger partial charge in [-0.1, -0.05) is 18.2 Å². The van der Waals surface area contributed by atoms with Gasteiger partial charge in [0, 0.05) is 35.9 Å². The fraction of sp³-hybridized carbons (Fsp3) is 0.154. The van der Waals surface area contributed by atoms with E-state index in [9.17, 15) is 0 Å². The molecule has 17 heavy (non-hydrogen) atoms. The second-order valence-electron chi connectivity index (χ2n) is 2.30. The zero-order valence-corrected chi connectivity index (χ0v) is 11.7. The summed E-state index contributed by atoms with van der Waals surface area (Å²) in [6.45, 7) is 0. The number of rotatable bonds is 0. The quantitative estimate of drug-likeness (QED) is 0.507. The summed E-state index contributed by atoms with van der Waals surface area (Å²) in [6, 6.07) is 18.7. The Bertz CT molecular complexity index is 265. The van der Waals surface area contributed by atoms with Crippen LogP contribution < -0.4 is 0 Å². The second-order valence-corrected chi connectivity index (χ2v) is 2.30. The van der Waals surface area contributed by atoms with Crippen molar-refractivity contribution in [2.24, 2.45) is 0 Å². The Labute approximate surface area is 118 Å².